The molecule has 3 aromatic rings. The van der Waals surface area contributed by atoms with E-state index in [1.54, 1.807) is 11.1 Å². The molecule has 0 bridgehead atoms. The molecule has 3 heterocycles. The van der Waals surface area contributed by atoms with E-state index in [-0.39, 0.29) is 18.0 Å². The quantitative estimate of drug-likeness (QED) is 0.623. The van der Waals surface area contributed by atoms with Gasteiger partial charge in [-0.2, -0.15) is 5.10 Å². The minimum atomic E-state index is -0.436. The highest BCUT2D eigenvalue weighted by Crippen LogP contribution is 2.28. The van der Waals surface area contributed by atoms with Crippen molar-refractivity contribution in [1.29, 1.82) is 0 Å². The number of halogens is 1. The van der Waals surface area contributed by atoms with Gasteiger partial charge in [0.05, 0.1) is 12.8 Å². The van der Waals surface area contributed by atoms with E-state index in [9.17, 15) is 14.0 Å². The van der Waals surface area contributed by atoms with Gasteiger partial charge in [0.2, 0.25) is 5.91 Å². The fraction of sp³-hybridized carbons (Fsp3) is 0.273. The van der Waals surface area contributed by atoms with E-state index in [4.69, 9.17) is 4.74 Å². The molecule has 0 atom stereocenters. The summed E-state index contributed by atoms with van der Waals surface area (Å²) in [6.45, 7) is 2.24. The Kier molecular flexibility index (Phi) is 5.92. The number of anilines is 1. The SMILES string of the molecule is COc1cc(F)ccc1-c1ccc(=O)n(CC(=O)N2CCN(c3ccccn3)CC2)n1. The number of hydrogen-bond acceptors (Lipinski definition) is 6. The Morgan fingerprint density at radius 3 is 2.61 bits per heavy atom. The number of amides is 1. The van der Waals surface area contributed by atoms with Gasteiger partial charge in [-0.1, -0.05) is 6.07 Å². The van der Waals surface area contributed by atoms with Crippen LogP contribution in [0.4, 0.5) is 10.2 Å². The molecule has 2 aromatic heterocycles. The van der Waals surface area contributed by atoms with Crippen LogP contribution >= 0.6 is 0 Å². The number of benzene rings is 1. The Morgan fingerprint density at radius 1 is 1.10 bits per heavy atom. The van der Waals surface area contributed by atoms with Crippen LogP contribution in [0.1, 0.15) is 0 Å². The minimum Gasteiger partial charge on any atom is -0.496 e. The van der Waals surface area contributed by atoms with Crippen LogP contribution in [-0.2, 0) is 11.3 Å². The molecule has 0 spiro atoms. The number of methoxy groups -OCH3 is 1. The molecule has 1 aromatic carbocycles. The van der Waals surface area contributed by atoms with Gasteiger partial charge in [0.25, 0.3) is 5.56 Å². The summed E-state index contributed by atoms with van der Waals surface area (Å²) in [7, 11) is 1.43. The second-order valence-corrected chi connectivity index (χ2v) is 7.11. The van der Waals surface area contributed by atoms with Crippen molar-refractivity contribution in [3.8, 4) is 17.0 Å². The fourth-order valence-electron chi connectivity index (χ4n) is 3.54. The fourth-order valence-corrected chi connectivity index (χ4v) is 3.54. The molecule has 9 heteroatoms. The lowest BCUT2D eigenvalue weighted by Gasteiger charge is -2.35. The van der Waals surface area contributed by atoms with E-state index in [1.807, 2.05) is 18.2 Å². The zero-order chi connectivity index (χ0) is 21.8. The Morgan fingerprint density at radius 2 is 1.90 bits per heavy atom. The van der Waals surface area contributed by atoms with Crippen molar-refractivity contribution in [3.05, 3.63) is 70.9 Å². The third-order valence-electron chi connectivity index (χ3n) is 5.20. The zero-order valence-corrected chi connectivity index (χ0v) is 17.1. The van der Waals surface area contributed by atoms with Gasteiger partial charge in [-0.05, 0) is 30.3 Å². The number of hydrogen-bond donors (Lipinski definition) is 0. The van der Waals surface area contributed by atoms with Crippen LogP contribution in [0.25, 0.3) is 11.3 Å². The number of aromatic nitrogens is 3. The molecule has 4 rings (SSSR count). The summed E-state index contributed by atoms with van der Waals surface area (Å²) in [6.07, 6.45) is 1.74. The van der Waals surface area contributed by atoms with Crippen LogP contribution in [0, 0.1) is 5.82 Å². The number of carbonyl (C=O) groups is 1. The van der Waals surface area contributed by atoms with Crippen molar-refractivity contribution in [2.24, 2.45) is 0 Å². The van der Waals surface area contributed by atoms with Gasteiger partial charge in [0, 0.05) is 50.1 Å². The first-order valence-corrected chi connectivity index (χ1v) is 9.91. The van der Waals surface area contributed by atoms with Crippen LogP contribution in [0.15, 0.2) is 59.5 Å². The molecule has 8 nitrogen and oxygen atoms in total. The van der Waals surface area contributed by atoms with Gasteiger partial charge >= 0.3 is 0 Å². The molecule has 0 unspecified atom stereocenters. The zero-order valence-electron chi connectivity index (χ0n) is 17.1. The van der Waals surface area contributed by atoms with Crippen molar-refractivity contribution in [1.82, 2.24) is 19.7 Å². The van der Waals surface area contributed by atoms with Crippen molar-refractivity contribution >= 4 is 11.7 Å². The predicted octanol–water partition coefficient (Wildman–Crippen LogP) is 1.80. The summed E-state index contributed by atoms with van der Waals surface area (Å²) < 4.78 is 19.8. The third-order valence-corrected chi connectivity index (χ3v) is 5.20. The summed E-state index contributed by atoms with van der Waals surface area (Å²) in [6, 6.07) is 12.7. The number of ether oxygens (including phenoxy) is 1. The maximum Gasteiger partial charge on any atom is 0.267 e. The van der Waals surface area contributed by atoms with Crippen molar-refractivity contribution in [2.75, 3.05) is 38.2 Å². The summed E-state index contributed by atoms with van der Waals surface area (Å²) in [5, 5.41) is 4.31. The van der Waals surface area contributed by atoms with Crippen LogP contribution in [-0.4, -0.2) is 58.9 Å². The van der Waals surface area contributed by atoms with Crippen LogP contribution < -0.4 is 15.2 Å². The van der Waals surface area contributed by atoms with Crippen molar-refractivity contribution in [3.63, 3.8) is 0 Å². The standard InChI is InChI=1S/C22H22FN5O3/c1-31-19-14-16(23)5-6-17(19)18-7-8-21(29)28(25-18)15-22(30)27-12-10-26(11-13-27)20-4-2-3-9-24-20/h2-9,14H,10-13,15H2,1H3. The number of piperazine rings is 1. The Balaban J connectivity index is 1.47. The first-order valence-electron chi connectivity index (χ1n) is 9.91. The van der Waals surface area contributed by atoms with E-state index in [1.165, 1.54) is 37.4 Å². The van der Waals surface area contributed by atoms with Crippen molar-refractivity contribution < 1.29 is 13.9 Å². The highest BCUT2D eigenvalue weighted by Gasteiger charge is 2.22. The van der Waals surface area contributed by atoms with Gasteiger partial charge in [0.1, 0.15) is 23.9 Å². The predicted molar refractivity (Wildman–Crippen MR) is 113 cm³/mol. The Bertz CT molecular complexity index is 1130. The van der Waals surface area contributed by atoms with Crippen LogP contribution in [0.5, 0.6) is 5.75 Å². The topological polar surface area (TPSA) is 80.6 Å². The highest BCUT2D eigenvalue weighted by molar-refractivity contribution is 5.76. The maximum absolute atomic E-state index is 13.5. The number of rotatable bonds is 5. The second kappa shape index (κ2) is 8.95. The molecule has 0 saturated carbocycles. The van der Waals surface area contributed by atoms with Gasteiger partial charge < -0.3 is 14.5 Å². The Labute approximate surface area is 178 Å². The van der Waals surface area contributed by atoms with Crippen LogP contribution in [0.2, 0.25) is 0 Å². The first-order chi connectivity index (χ1) is 15.0. The van der Waals surface area contributed by atoms with E-state index in [2.05, 4.69) is 15.0 Å². The Hall–Kier alpha value is -3.75. The second-order valence-electron chi connectivity index (χ2n) is 7.11. The molecule has 31 heavy (non-hydrogen) atoms. The highest BCUT2D eigenvalue weighted by atomic mass is 19.1. The molecule has 160 valence electrons. The number of carbonyl (C=O) groups excluding carboxylic acids is 1. The molecule has 0 radical (unpaired) electrons. The third kappa shape index (κ3) is 4.55. The average Bonchev–Trinajstić information content (AvgIpc) is 2.81. The van der Waals surface area contributed by atoms with Gasteiger partial charge in [-0.15, -0.1) is 0 Å². The number of nitrogens with zero attached hydrogens (tertiary/aromatic N) is 5. The summed E-state index contributed by atoms with van der Waals surface area (Å²) in [5.41, 5.74) is 0.573. The molecular formula is C22H22FN5O3. The molecule has 1 aliphatic rings. The molecule has 0 aliphatic carbocycles. The molecule has 1 amide bonds. The molecule has 1 fully saturated rings. The molecule has 1 aliphatic heterocycles. The lowest BCUT2D eigenvalue weighted by molar-refractivity contribution is -0.132. The lowest BCUT2D eigenvalue weighted by atomic mass is 10.1. The average molecular weight is 423 g/mol. The van der Waals surface area contributed by atoms with Gasteiger partial charge in [0.15, 0.2) is 0 Å². The summed E-state index contributed by atoms with van der Waals surface area (Å²) in [5.74, 6) is 0.565. The molecular weight excluding hydrogens is 401 g/mol. The molecule has 1 saturated heterocycles. The van der Waals surface area contributed by atoms with E-state index >= 15 is 0 Å². The normalized spacial score (nSPS) is 13.9. The van der Waals surface area contributed by atoms with E-state index < -0.39 is 5.82 Å². The first kappa shape index (κ1) is 20.5. The minimum absolute atomic E-state index is 0.167. The van der Waals surface area contributed by atoms with Crippen molar-refractivity contribution in [2.45, 2.75) is 6.54 Å². The smallest absolute Gasteiger partial charge is 0.267 e. The summed E-state index contributed by atoms with van der Waals surface area (Å²) >= 11 is 0. The van der Waals surface area contributed by atoms with Gasteiger partial charge in [-0.25, -0.2) is 14.1 Å². The van der Waals surface area contributed by atoms with E-state index in [0.29, 0.717) is 43.2 Å². The maximum atomic E-state index is 13.5. The van der Waals surface area contributed by atoms with E-state index in [0.717, 1.165) is 10.5 Å². The monoisotopic (exact) mass is 423 g/mol. The van der Waals surface area contributed by atoms with Gasteiger partial charge in [-0.3, -0.25) is 9.59 Å². The number of pyridine rings is 1. The largest absolute Gasteiger partial charge is 0.496 e. The lowest BCUT2D eigenvalue weighted by Crippen LogP contribution is -2.50. The molecule has 0 N–H and O–H groups in total. The van der Waals surface area contributed by atoms with Crippen LogP contribution in [0.3, 0.4) is 0 Å². The summed E-state index contributed by atoms with van der Waals surface area (Å²) in [4.78, 5) is 33.3.